The Balaban J connectivity index is 1.46. The van der Waals surface area contributed by atoms with Crippen LogP contribution in [0.25, 0.3) is 28.0 Å². The summed E-state index contributed by atoms with van der Waals surface area (Å²) in [5, 5.41) is 18.9. The lowest BCUT2D eigenvalue weighted by Crippen LogP contribution is -2.21. The quantitative estimate of drug-likeness (QED) is 0.172. The molecule has 3 aromatic carbocycles. The largest absolute Gasteiger partial charge is 0.452 e. The number of anilines is 1. The van der Waals surface area contributed by atoms with Gasteiger partial charge in [-0.25, -0.2) is 14.5 Å². The summed E-state index contributed by atoms with van der Waals surface area (Å²) in [5.41, 5.74) is 3.96. The van der Waals surface area contributed by atoms with Gasteiger partial charge in [0.2, 0.25) is 0 Å². The van der Waals surface area contributed by atoms with Crippen LogP contribution in [0.3, 0.4) is 0 Å². The van der Waals surface area contributed by atoms with Crippen LogP contribution in [0.4, 0.5) is 11.4 Å². The normalized spacial score (nSPS) is 10.8. The van der Waals surface area contributed by atoms with Crippen molar-refractivity contribution < 1.29 is 19.2 Å². The highest BCUT2D eigenvalue weighted by Gasteiger charge is 2.23. The summed E-state index contributed by atoms with van der Waals surface area (Å²) >= 11 is 0. The number of fused-ring (bicyclic) bond motifs is 1. The van der Waals surface area contributed by atoms with Crippen molar-refractivity contribution in [2.24, 2.45) is 0 Å². The first kappa shape index (κ1) is 25.3. The van der Waals surface area contributed by atoms with Gasteiger partial charge in [0.15, 0.2) is 12.3 Å². The van der Waals surface area contributed by atoms with Crippen LogP contribution >= 0.6 is 0 Å². The van der Waals surface area contributed by atoms with Crippen molar-refractivity contribution >= 4 is 34.3 Å². The van der Waals surface area contributed by atoms with Gasteiger partial charge in [-0.15, -0.1) is 0 Å². The number of esters is 1. The molecule has 194 valence electrons. The van der Waals surface area contributed by atoms with E-state index in [0.717, 1.165) is 11.3 Å². The maximum atomic E-state index is 13.3. The second-order valence-electron chi connectivity index (χ2n) is 8.84. The minimum atomic E-state index is -0.722. The third kappa shape index (κ3) is 5.21. The molecule has 39 heavy (non-hydrogen) atoms. The van der Waals surface area contributed by atoms with E-state index in [4.69, 9.17) is 9.72 Å². The fourth-order valence-corrected chi connectivity index (χ4v) is 4.25. The van der Waals surface area contributed by atoms with E-state index in [0.29, 0.717) is 28.0 Å². The minimum Gasteiger partial charge on any atom is -0.452 e. The number of aromatic nitrogens is 3. The zero-order chi connectivity index (χ0) is 27.5. The van der Waals surface area contributed by atoms with Crippen LogP contribution in [0.5, 0.6) is 0 Å². The number of nitrogens with zero attached hydrogens (tertiary/aromatic N) is 4. The van der Waals surface area contributed by atoms with E-state index < -0.39 is 23.4 Å². The molecule has 5 rings (SSSR count). The molecule has 0 unspecified atom stereocenters. The minimum absolute atomic E-state index is 0.122. The molecule has 0 spiro atoms. The van der Waals surface area contributed by atoms with Crippen LogP contribution in [-0.2, 0) is 9.53 Å². The number of carbonyl (C=O) groups excluding carboxylic acids is 2. The second-order valence-corrected chi connectivity index (χ2v) is 8.84. The van der Waals surface area contributed by atoms with Crippen LogP contribution in [0.1, 0.15) is 21.6 Å². The van der Waals surface area contributed by atoms with Crippen molar-refractivity contribution in [2.45, 2.75) is 13.8 Å². The fraction of sp³-hybridized carbons (Fsp3) is 0.103. The molecule has 0 aliphatic rings. The lowest BCUT2D eigenvalue weighted by Gasteiger charge is -2.10. The Hall–Kier alpha value is -5.38. The maximum Gasteiger partial charge on any atom is 0.339 e. The smallest absolute Gasteiger partial charge is 0.339 e. The standard InChI is InChI=1S/C29H23N5O5/c1-18-13-14-21(15-25(18)34(37)38)30-26(35)17-39-29(36)23-16-24(20-9-5-3-6-10-20)31-28-27(23)19(2)32-33(28)22-11-7-4-8-12-22/h3-16H,17H2,1-2H3,(H,30,35). The highest BCUT2D eigenvalue weighted by Crippen LogP contribution is 2.29. The highest BCUT2D eigenvalue weighted by molar-refractivity contribution is 6.06. The fourth-order valence-electron chi connectivity index (χ4n) is 4.25. The van der Waals surface area contributed by atoms with Gasteiger partial charge in [-0.3, -0.25) is 14.9 Å². The molecule has 0 saturated heterocycles. The Morgan fingerprint density at radius 3 is 2.36 bits per heavy atom. The number of aryl methyl sites for hydroxylation is 2. The zero-order valence-electron chi connectivity index (χ0n) is 21.1. The number of rotatable bonds is 7. The molecule has 0 bridgehead atoms. The third-order valence-electron chi connectivity index (χ3n) is 6.13. The topological polar surface area (TPSA) is 129 Å². The van der Waals surface area contributed by atoms with Crippen molar-refractivity contribution in [3.63, 3.8) is 0 Å². The van der Waals surface area contributed by atoms with Gasteiger partial charge in [0.1, 0.15) is 0 Å². The van der Waals surface area contributed by atoms with Gasteiger partial charge >= 0.3 is 5.97 Å². The van der Waals surface area contributed by atoms with Gasteiger partial charge in [-0.2, -0.15) is 5.10 Å². The number of para-hydroxylation sites is 1. The molecular weight excluding hydrogens is 498 g/mol. The molecule has 0 radical (unpaired) electrons. The molecule has 0 aliphatic heterocycles. The average molecular weight is 522 g/mol. The number of benzene rings is 3. The second kappa shape index (κ2) is 10.5. The summed E-state index contributed by atoms with van der Waals surface area (Å²) in [7, 11) is 0. The predicted molar refractivity (Wildman–Crippen MR) is 146 cm³/mol. The molecule has 10 heteroatoms. The van der Waals surface area contributed by atoms with Crippen molar-refractivity contribution in [1.82, 2.24) is 14.8 Å². The van der Waals surface area contributed by atoms with Gasteiger partial charge in [0, 0.05) is 22.9 Å². The summed E-state index contributed by atoms with van der Waals surface area (Å²) in [4.78, 5) is 41.4. The summed E-state index contributed by atoms with van der Waals surface area (Å²) in [6.45, 7) is 2.79. The van der Waals surface area contributed by atoms with E-state index in [1.165, 1.54) is 12.1 Å². The Bertz CT molecular complexity index is 1720. The zero-order valence-corrected chi connectivity index (χ0v) is 21.1. The summed E-state index contributed by atoms with van der Waals surface area (Å²) in [5.74, 6) is -1.35. The van der Waals surface area contributed by atoms with Crippen LogP contribution in [0, 0.1) is 24.0 Å². The number of carbonyl (C=O) groups is 2. The molecule has 0 atom stereocenters. The first-order chi connectivity index (χ1) is 18.8. The summed E-state index contributed by atoms with van der Waals surface area (Å²) in [6, 6.07) is 24.8. The van der Waals surface area contributed by atoms with E-state index >= 15 is 0 Å². The Kier molecular flexibility index (Phi) is 6.83. The Morgan fingerprint density at radius 2 is 1.67 bits per heavy atom. The lowest BCUT2D eigenvalue weighted by molar-refractivity contribution is -0.385. The molecule has 10 nitrogen and oxygen atoms in total. The number of nitro benzene ring substituents is 1. The maximum absolute atomic E-state index is 13.3. The highest BCUT2D eigenvalue weighted by atomic mass is 16.6. The first-order valence-corrected chi connectivity index (χ1v) is 12.0. The van der Waals surface area contributed by atoms with Crippen molar-refractivity contribution in [3.8, 4) is 16.9 Å². The van der Waals surface area contributed by atoms with Crippen LogP contribution in [0.2, 0.25) is 0 Å². The van der Waals surface area contributed by atoms with Crippen molar-refractivity contribution in [1.29, 1.82) is 0 Å². The van der Waals surface area contributed by atoms with E-state index in [2.05, 4.69) is 10.4 Å². The molecule has 1 amide bonds. The number of nitrogens with one attached hydrogen (secondary N) is 1. The van der Waals surface area contributed by atoms with Crippen LogP contribution < -0.4 is 5.32 Å². The van der Waals surface area contributed by atoms with Gasteiger partial charge < -0.3 is 10.1 Å². The van der Waals surface area contributed by atoms with Crippen molar-refractivity contribution in [2.75, 3.05) is 11.9 Å². The molecule has 2 heterocycles. The van der Waals surface area contributed by atoms with E-state index in [1.807, 2.05) is 60.7 Å². The molecule has 0 aliphatic carbocycles. The Labute approximate surface area is 223 Å². The van der Waals surface area contributed by atoms with Gasteiger partial charge in [-0.05, 0) is 38.1 Å². The molecule has 0 fully saturated rings. The summed E-state index contributed by atoms with van der Waals surface area (Å²) in [6.07, 6.45) is 0. The van der Waals surface area contributed by atoms with Crippen molar-refractivity contribution in [3.05, 3.63) is 112 Å². The van der Waals surface area contributed by atoms with Crippen LogP contribution in [0.15, 0.2) is 84.9 Å². The lowest BCUT2D eigenvalue weighted by atomic mass is 10.1. The molecular formula is C29H23N5O5. The molecule has 1 N–H and O–H groups in total. The van der Waals surface area contributed by atoms with E-state index in [1.54, 1.807) is 30.7 Å². The summed E-state index contributed by atoms with van der Waals surface area (Å²) < 4.78 is 7.05. The van der Waals surface area contributed by atoms with Crippen LogP contribution in [-0.4, -0.2) is 38.2 Å². The number of pyridine rings is 1. The SMILES string of the molecule is Cc1ccc(NC(=O)COC(=O)c2cc(-c3ccccc3)nc3c2c(C)nn3-c2ccccc2)cc1[N+](=O)[O-]. The average Bonchev–Trinajstić information content (AvgIpc) is 3.29. The van der Waals surface area contributed by atoms with E-state index in [-0.39, 0.29) is 16.9 Å². The third-order valence-corrected chi connectivity index (χ3v) is 6.13. The number of hydrogen-bond acceptors (Lipinski definition) is 7. The molecule has 0 saturated carbocycles. The number of amides is 1. The number of ether oxygens (including phenoxy) is 1. The molecule has 5 aromatic rings. The number of nitro groups is 1. The molecule has 2 aromatic heterocycles. The van der Waals surface area contributed by atoms with Gasteiger partial charge in [0.25, 0.3) is 11.6 Å². The number of hydrogen-bond donors (Lipinski definition) is 1. The predicted octanol–water partition coefficient (Wildman–Crippen LogP) is 5.41. The van der Waals surface area contributed by atoms with Gasteiger partial charge in [-0.1, -0.05) is 54.6 Å². The van der Waals surface area contributed by atoms with E-state index in [9.17, 15) is 19.7 Å². The monoisotopic (exact) mass is 521 g/mol. The van der Waals surface area contributed by atoms with Gasteiger partial charge in [0.05, 0.1) is 32.9 Å². The first-order valence-electron chi connectivity index (χ1n) is 12.0. The Morgan fingerprint density at radius 1 is 0.974 bits per heavy atom.